The van der Waals surface area contributed by atoms with Crippen LogP contribution in [0.1, 0.15) is 12.8 Å². The van der Waals surface area contributed by atoms with E-state index < -0.39 is 10.0 Å². The SMILES string of the molecule is O=S(=O)(Nc1ccc(Cl)nn1)c1ccc(NC(=S)NC2CC2)cc1. The lowest BCUT2D eigenvalue weighted by atomic mass is 10.3. The van der Waals surface area contributed by atoms with Gasteiger partial charge in [0.15, 0.2) is 16.1 Å². The van der Waals surface area contributed by atoms with Crippen molar-refractivity contribution in [2.24, 2.45) is 0 Å². The molecule has 0 radical (unpaired) electrons. The number of nitrogens with zero attached hydrogens (tertiary/aromatic N) is 2. The van der Waals surface area contributed by atoms with Crippen molar-refractivity contribution < 1.29 is 8.42 Å². The van der Waals surface area contributed by atoms with Gasteiger partial charge in [-0.05, 0) is 61.5 Å². The zero-order valence-corrected chi connectivity index (χ0v) is 14.7. The summed E-state index contributed by atoms with van der Waals surface area (Å²) in [5.41, 5.74) is 0.707. The van der Waals surface area contributed by atoms with Gasteiger partial charge in [-0.25, -0.2) is 8.42 Å². The van der Waals surface area contributed by atoms with E-state index in [4.69, 9.17) is 23.8 Å². The van der Waals surface area contributed by atoms with Crippen molar-refractivity contribution in [3.63, 3.8) is 0 Å². The smallest absolute Gasteiger partial charge is 0.263 e. The van der Waals surface area contributed by atoms with Gasteiger partial charge in [0.2, 0.25) is 0 Å². The Morgan fingerprint density at radius 2 is 1.83 bits per heavy atom. The number of aromatic nitrogens is 2. The van der Waals surface area contributed by atoms with Crippen LogP contribution in [0.2, 0.25) is 5.15 Å². The lowest BCUT2D eigenvalue weighted by Crippen LogP contribution is -2.30. The topological polar surface area (TPSA) is 96.0 Å². The first-order valence-corrected chi connectivity index (χ1v) is 9.39. The Labute approximate surface area is 149 Å². The second-order valence-corrected chi connectivity index (χ2v) is 7.72. The summed E-state index contributed by atoms with van der Waals surface area (Å²) in [6.07, 6.45) is 2.25. The molecule has 1 fully saturated rings. The average Bonchev–Trinajstić information content (AvgIpc) is 3.34. The molecule has 126 valence electrons. The molecule has 2 aromatic rings. The predicted octanol–water partition coefficient (Wildman–Crippen LogP) is 2.38. The molecule has 3 N–H and O–H groups in total. The number of hydrogen-bond acceptors (Lipinski definition) is 5. The van der Waals surface area contributed by atoms with E-state index in [-0.39, 0.29) is 15.9 Å². The number of anilines is 2. The molecule has 0 aliphatic heterocycles. The first kappa shape index (κ1) is 16.9. The van der Waals surface area contributed by atoms with Gasteiger partial charge in [-0.15, -0.1) is 10.2 Å². The van der Waals surface area contributed by atoms with E-state index in [2.05, 4.69) is 25.6 Å². The molecule has 0 unspecified atom stereocenters. The molecule has 1 heterocycles. The number of thiocarbonyl (C=S) groups is 1. The molecule has 1 aliphatic rings. The molecular weight excluding hydrogens is 370 g/mol. The van der Waals surface area contributed by atoms with Crippen LogP contribution in [-0.4, -0.2) is 29.8 Å². The van der Waals surface area contributed by atoms with Crippen LogP contribution in [0.4, 0.5) is 11.5 Å². The molecule has 1 aliphatic carbocycles. The van der Waals surface area contributed by atoms with Crippen LogP contribution in [0.3, 0.4) is 0 Å². The molecule has 0 atom stereocenters. The fourth-order valence-corrected chi connectivity index (χ4v) is 3.25. The summed E-state index contributed by atoms with van der Waals surface area (Å²) in [7, 11) is -3.75. The van der Waals surface area contributed by atoms with Crippen molar-refractivity contribution in [2.45, 2.75) is 23.8 Å². The van der Waals surface area contributed by atoms with Gasteiger partial charge in [0.25, 0.3) is 10.0 Å². The van der Waals surface area contributed by atoms with E-state index in [0.717, 1.165) is 12.8 Å². The molecule has 24 heavy (non-hydrogen) atoms. The number of benzene rings is 1. The fraction of sp³-hybridized carbons (Fsp3) is 0.214. The van der Waals surface area contributed by atoms with Crippen LogP contribution in [0.15, 0.2) is 41.3 Å². The highest BCUT2D eigenvalue weighted by atomic mass is 35.5. The van der Waals surface area contributed by atoms with E-state index >= 15 is 0 Å². The Balaban J connectivity index is 1.66. The van der Waals surface area contributed by atoms with E-state index in [1.165, 1.54) is 24.3 Å². The first-order valence-electron chi connectivity index (χ1n) is 7.12. The minimum absolute atomic E-state index is 0.0939. The van der Waals surface area contributed by atoms with Crippen LogP contribution < -0.4 is 15.4 Å². The van der Waals surface area contributed by atoms with E-state index in [0.29, 0.717) is 16.8 Å². The number of hydrogen-bond donors (Lipinski definition) is 3. The van der Waals surface area contributed by atoms with Crippen LogP contribution in [-0.2, 0) is 10.0 Å². The maximum absolute atomic E-state index is 12.3. The maximum atomic E-state index is 12.3. The third-order valence-corrected chi connectivity index (χ3v) is 5.00. The Hall–Kier alpha value is -1.97. The third kappa shape index (κ3) is 4.53. The summed E-state index contributed by atoms with van der Waals surface area (Å²) in [5.74, 6) is 0.0939. The molecule has 0 bridgehead atoms. The van der Waals surface area contributed by atoms with Gasteiger partial charge in [-0.3, -0.25) is 4.72 Å². The summed E-state index contributed by atoms with van der Waals surface area (Å²) in [4.78, 5) is 0.103. The second kappa shape index (κ2) is 6.88. The predicted molar refractivity (Wildman–Crippen MR) is 96.7 cm³/mol. The van der Waals surface area contributed by atoms with Crippen molar-refractivity contribution >= 4 is 50.5 Å². The minimum Gasteiger partial charge on any atom is -0.360 e. The Kier molecular flexibility index (Phi) is 4.83. The number of halogens is 1. The highest BCUT2D eigenvalue weighted by Gasteiger charge is 2.21. The molecule has 0 spiro atoms. The van der Waals surface area contributed by atoms with Crippen molar-refractivity contribution in [2.75, 3.05) is 10.0 Å². The Morgan fingerprint density at radius 3 is 2.42 bits per heavy atom. The highest BCUT2D eigenvalue weighted by Crippen LogP contribution is 2.20. The van der Waals surface area contributed by atoms with E-state index in [1.807, 2.05) is 0 Å². The van der Waals surface area contributed by atoms with Crippen LogP contribution in [0, 0.1) is 0 Å². The quantitative estimate of drug-likeness (QED) is 0.682. The standard InChI is InChI=1S/C14H14ClN5O2S2/c15-12-7-8-13(19-18-12)20-24(21,22)11-5-3-10(4-6-11)17-14(23)16-9-1-2-9/h3-9H,1-2H2,(H,19,20)(H2,16,17,23). The molecule has 1 aromatic heterocycles. The van der Waals surface area contributed by atoms with Gasteiger partial charge in [0.05, 0.1) is 4.90 Å². The van der Waals surface area contributed by atoms with Gasteiger partial charge in [-0.1, -0.05) is 11.6 Å². The molecule has 7 nitrogen and oxygen atoms in total. The zero-order chi connectivity index (χ0) is 17.2. The molecule has 10 heteroatoms. The van der Waals surface area contributed by atoms with Gasteiger partial charge in [-0.2, -0.15) is 0 Å². The van der Waals surface area contributed by atoms with Crippen molar-refractivity contribution in [3.8, 4) is 0 Å². The molecule has 0 amide bonds. The van der Waals surface area contributed by atoms with Crippen LogP contribution in [0.25, 0.3) is 0 Å². The number of nitrogens with one attached hydrogen (secondary N) is 3. The summed E-state index contributed by atoms with van der Waals surface area (Å²) < 4.78 is 26.9. The molecule has 1 aromatic carbocycles. The summed E-state index contributed by atoms with van der Waals surface area (Å²) in [6.45, 7) is 0. The van der Waals surface area contributed by atoms with Gasteiger partial charge < -0.3 is 10.6 Å². The summed E-state index contributed by atoms with van der Waals surface area (Å²) >= 11 is 10.8. The fourth-order valence-electron chi connectivity index (χ4n) is 1.86. The van der Waals surface area contributed by atoms with Crippen molar-refractivity contribution in [3.05, 3.63) is 41.6 Å². The van der Waals surface area contributed by atoms with E-state index in [9.17, 15) is 8.42 Å². The molecule has 3 rings (SSSR count). The monoisotopic (exact) mass is 383 g/mol. The second-order valence-electron chi connectivity index (χ2n) is 5.24. The van der Waals surface area contributed by atoms with Crippen LogP contribution >= 0.6 is 23.8 Å². The van der Waals surface area contributed by atoms with E-state index in [1.54, 1.807) is 12.1 Å². The third-order valence-electron chi connectivity index (χ3n) is 3.21. The average molecular weight is 384 g/mol. The largest absolute Gasteiger partial charge is 0.360 e. The Bertz CT molecular complexity index is 836. The summed E-state index contributed by atoms with van der Waals surface area (Å²) in [5, 5.41) is 14.1. The van der Waals surface area contributed by atoms with Crippen LogP contribution in [0.5, 0.6) is 0 Å². The van der Waals surface area contributed by atoms with Crippen molar-refractivity contribution in [1.29, 1.82) is 0 Å². The minimum atomic E-state index is -3.75. The maximum Gasteiger partial charge on any atom is 0.263 e. The summed E-state index contributed by atoms with van der Waals surface area (Å²) in [6, 6.07) is 9.58. The normalized spacial score (nSPS) is 14.0. The lowest BCUT2D eigenvalue weighted by molar-refractivity contribution is 0.601. The zero-order valence-electron chi connectivity index (χ0n) is 12.4. The molecule has 1 saturated carbocycles. The van der Waals surface area contributed by atoms with Crippen molar-refractivity contribution in [1.82, 2.24) is 15.5 Å². The van der Waals surface area contributed by atoms with Gasteiger partial charge in [0, 0.05) is 11.7 Å². The lowest BCUT2D eigenvalue weighted by Gasteiger charge is -2.11. The number of sulfonamides is 1. The number of rotatable bonds is 5. The first-order chi connectivity index (χ1) is 11.4. The molecular formula is C14H14ClN5O2S2. The molecule has 0 saturated heterocycles. The van der Waals surface area contributed by atoms with Gasteiger partial charge >= 0.3 is 0 Å². The highest BCUT2D eigenvalue weighted by molar-refractivity contribution is 7.92. The Morgan fingerprint density at radius 1 is 1.12 bits per heavy atom. The van der Waals surface area contributed by atoms with Gasteiger partial charge in [0.1, 0.15) is 0 Å².